The molecule has 2 aromatic rings. The molecule has 5 heteroatoms. The summed E-state index contributed by atoms with van der Waals surface area (Å²) in [5.41, 5.74) is 2.57. The van der Waals surface area contributed by atoms with Crippen LogP contribution >= 0.6 is 0 Å². The molecule has 1 atom stereocenters. The van der Waals surface area contributed by atoms with Crippen molar-refractivity contribution in [2.75, 3.05) is 6.61 Å². The van der Waals surface area contributed by atoms with E-state index in [1.165, 1.54) is 6.42 Å². The number of hydrogen-bond acceptors (Lipinski definition) is 4. The standard InChI is InChI=1S/C11H14N4O/c1-8-6-12-11-9(14-8)7-13-15(11)10-4-2-3-5-16-10/h6-7,10H,2-5H2,1H3. The minimum atomic E-state index is 0.0308. The first-order chi connectivity index (χ1) is 7.84. The third-order valence-electron chi connectivity index (χ3n) is 2.85. The average molecular weight is 218 g/mol. The smallest absolute Gasteiger partial charge is 0.179 e. The molecule has 0 radical (unpaired) electrons. The number of fused-ring (bicyclic) bond motifs is 1. The van der Waals surface area contributed by atoms with Crippen molar-refractivity contribution in [3.05, 3.63) is 18.1 Å². The van der Waals surface area contributed by atoms with Crippen LogP contribution in [0.4, 0.5) is 0 Å². The average Bonchev–Trinajstić information content (AvgIpc) is 2.73. The lowest BCUT2D eigenvalue weighted by Gasteiger charge is -2.22. The highest BCUT2D eigenvalue weighted by molar-refractivity contribution is 5.69. The second-order valence-corrected chi connectivity index (χ2v) is 4.13. The van der Waals surface area contributed by atoms with Crippen molar-refractivity contribution < 1.29 is 4.74 Å². The molecule has 2 aromatic heterocycles. The summed E-state index contributed by atoms with van der Waals surface area (Å²) >= 11 is 0. The minimum absolute atomic E-state index is 0.0308. The summed E-state index contributed by atoms with van der Waals surface area (Å²) in [4.78, 5) is 8.76. The van der Waals surface area contributed by atoms with Gasteiger partial charge in [0.15, 0.2) is 11.9 Å². The molecule has 0 bridgehead atoms. The Balaban J connectivity index is 2.03. The van der Waals surface area contributed by atoms with Crippen molar-refractivity contribution >= 4 is 11.2 Å². The fourth-order valence-corrected chi connectivity index (χ4v) is 2.05. The van der Waals surface area contributed by atoms with Crippen LogP contribution in [0.25, 0.3) is 11.2 Å². The molecule has 3 heterocycles. The molecule has 0 spiro atoms. The molecule has 0 amide bonds. The van der Waals surface area contributed by atoms with E-state index in [1.807, 2.05) is 11.6 Å². The predicted molar refractivity (Wildman–Crippen MR) is 58.9 cm³/mol. The van der Waals surface area contributed by atoms with Crippen LogP contribution in [0.5, 0.6) is 0 Å². The van der Waals surface area contributed by atoms with Crippen LogP contribution in [0.15, 0.2) is 12.4 Å². The van der Waals surface area contributed by atoms with Crippen LogP contribution in [0.1, 0.15) is 31.2 Å². The lowest BCUT2D eigenvalue weighted by Crippen LogP contribution is -2.19. The third kappa shape index (κ3) is 1.57. The first-order valence-electron chi connectivity index (χ1n) is 5.63. The van der Waals surface area contributed by atoms with Gasteiger partial charge < -0.3 is 4.74 Å². The van der Waals surface area contributed by atoms with Gasteiger partial charge in [-0.1, -0.05) is 0 Å². The molecule has 3 rings (SSSR count). The minimum Gasteiger partial charge on any atom is -0.356 e. The Kier molecular flexibility index (Phi) is 2.32. The van der Waals surface area contributed by atoms with Crippen molar-refractivity contribution in [3.63, 3.8) is 0 Å². The highest BCUT2D eigenvalue weighted by atomic mass is 16.5. The second kappa shape index (κ2) is 3.83. The van der Waals surface area contributed by atoms with Gasteiger partial charge in [-0.3, -0.25) is 0 Å². The van der Waals surface area contributed by atoms with E-state index in [1.54, 1.807) is 12.4 Å². The Morgan fingerprint density at radius 2 is 2.31 bits per heavy atom. The molecule has 0 N–H and O–H groups in total. The van der Waals surface area contributed by atoms with Gasteiger partial charge in [-0.15, -0.1) is 0 Å². The van der Waals surface area contributed by atoms with E-state index >= 15 is 0 Å². The van der Waals surface area contributed by atoms with Crippen LogP contribution < -0.4 is 0 Å². The Bertz CT molecular complexity index is 502. The highest BCUT2D eigenvalue weighted by Crippen LogP contribution is 2.24. The number of hydrogen-bond donors (Lipinski definition) is 0. The maximum atomic E-state index is 5.69. The second-order valence-electron chi connectivity index (χ2n) is 4.13. The number of rotatable bonds is 1. The Morgan fingerprint density at radius 3 is 3.12 bits per heavy atom. The van der Waals surface area contributed by atoms with Gasteiger partial charge in [0.25, 0.3) is 0 Å². The molecule has 1 aliphatic rings. The zero-order chi connectivity index (χ0) is 11.0. The number of ether oxygens (including phenoxy) is 1. The lowest BCUT2D eigenvalue weighted by molar-refractivity contribution is -0.0370. The van der Waals surface area contributed by atoms with E-state index in [4.69, 9.17) is 4.74 Å². The third-order valence-corrected chi connectivity index (χ3v) is 2.85. The van der Waals surface area contributed by atoms with E-state index in [0.29, 0.717) is 0 Å². The monoisotopic (exact) mass is 218 g/mol. The van der Waals surface area contributed by atoms with Crippen molar-refractivity contribution in [1.29, 1.82) is 0 Å². The molecule has 5 nitrogen and oxygen atoms in total. The summed E-state index contributed by atoms with van der Waals surface area (Å²) in [6.07, 6.45) is 6.89. The lowest BCUT2D eigenvalue weighted by atomic mass is 10.2. The predicted octanol–water partition coefficient (Wildman–Crippen LogP) is 1.83. The topological polar surface area (TPSA) is 52.8 Å². The molecule has 1 aliphatic heterocycles. The van der Waals surface area contributed by atoms with Crippen molar-refractivity contribution in [1.82, 2.24) is 19.7 Å². The summed E-state index contributed by atoms with van der Waals surface area (Å²) in [5, 5.41) is 4.33. The Hall–Kier alpha value is -1.49. The van der Waals surface area contributed by atoms with Gasteiger partial charge in [-0.2, -0.15) is 5.10 Å². The largest absolute Gasteiger partial charge is 0.356 e. The normalized spacial score (nSPS) is 21.4. The summed E-state index contributed by atoms with van der Waals surface area (Å²) in [6, 6.07) is 0. The van der Waals surface area contributed by atoms with Gasteiger partial charge >= 0.3 is 0 Å². The Labute approximate surface area is 93.5 Å². The van der Waals surface area contributed by atoms with Gasteiger partial charge in [0, 0.05) is 6.61 Å². The quantitative estimate of drug-likeness (QED) is 0.732. The fraction of sp³-hybridized carbons (Fsp3) is 0.545. The summed E-state index contributed by atoms with van der Waals surface area (Å²) < 4.78 is 7.54. The molecule has 0 saturated carbocycles. The van der Waals surface area contributed by atoms with E-state index in [9.17, 15) is 0 Å². The fourth-order valence-electron chi connectivity index (χ4n) is 2.05. The van der Waals surface area contributed by atoms with E-state index in [0.717, 1.165) is 36.3 Å². The first-order valence-corrected chi connectivity index (χ1v) is 5.63. The van der Waals surface area contributed by atoms with Gasteiger partial charge in [0.1, 0.15) is 5.52 Å². The van der Waals surface area contributed by atoms with Gasteiger partial charge in [0.2, 0.25) is 0 Å². The zero-order valence-electron chi connectivity index (χ0n) is 9.26. The number of nitrogens with zero attached hydrogens (tertiary/aromatic N) is 4. The highest BCUT2D eigenvalue weighted by Gasteiger charge is 2.19. The van der Waals surface area contributed by atoms with E-state index in [2.05, 4.69) is 15.1 Å². The summed E-state index contributed by atoms with van der Waals surface area (Å²) in [6.45, 7) is 2.74. The molecular weight excluding hydrogens is 204 g/mol. The van der Waals surface area contributed by atoms with Crippen LogP contribution in [-0.4, -0.2) is 26.4 Å². The van der Waals surface area contributed by atoms with Crippen LogP contribution in [-0.2, 0) is 4.74 Å². The number of aryl methyl sites for hydroxylation is 1. The molecular formula is C11H14N4O. The zero-order valence-corrected chi connectivity index (χ0v) is 9.26. The molecule has 84 valence electrons. The molecule has 1 unspecified atom stereocenters. The van der Waals surface area contributed by atoms with Crippen LogP contribution in [0, 0.1) is 6.92 Å². The van der Waals surface area contributed by atoms with E-state index < -0.39 is 0 Å². The summed E-state index contributed by atoms with van der Waals surface area (Å²) in [5.74, 6) is 0. The van der Waals surface area contributed by atoms with E-state index in [-0.39, 0.29) is 6.23 Å². The van der Waals surface area contributed by atoms with Crippen LogP contribution in [0.3, 0.4) is 0 Å². The molecule has 1 saturated heterocycles. The van der Waals surface area contributed by atoms with Crippen molar-refractivity contribution in [2.45, 2.75) is 32.4 Å². The van der Waals surface area contributed by atoms with Crippen LogP contribution in [0.2, 0.25) is 0 Å². The van der Waals surface area contributed by atoms with Gasteiger partial charge in [-0.25, -0.2) is 14.6 Å². The van der Waals surface area contributed by atoms with Crippen molar-refractivity contribution in [3.8, 4) is 0 Å². The molecule has 16 heavy (non-hydrogen) atoms. The Morgan fingerprint density at radius 1 is 1.38 bits per heavy atom. The molecule has 0 aliphatic carbocycles. The molecule has 0 aromatic carbocycles. The maximum Gasteiger partial charge on any atom is 0.179 e. The summed E-state index contributed by atoms with van der Waals surface area (Å²) in [7, 11) is 0. The SMILES string of the molecule is Cc1cnc2c(cnn2C2CCCCO2)n1. The first kappa shape index (κ1) is 9.72. The number of aromatic nitrogens is 4. The van der Waals surface area contributed by atoms with Gasteiger partial charge in [0.05, 0.1) is 18.1 Å². The van der Waals surface area contributed by atoms with Gasteiger partial charge in [-0.05, 0) is 26.2 Å². The van der Waals surface area contributed by atoms with Crippen molar-refractivity contribution in [2.24, 2.45) is 0 Å². The maximum absolute atomic E-state index is 5.69. The molecule has 1 fully saturated rings.